The molecule has 1 fully saturated rings. The van der Waals surface area contributed by atoms with Gasteiger partial charge in [0, 0.05) is 13.1 Å². The van der Waals surface area contributed by atoms with Gasteiger partial charge < -0.3 is 10.2 Å². The lowest BCUT2D eigenvalue weighted by Gasteiger charge is -2.18. The minimum Gasteiger partial charge on any atom is -0.316 e. The molecule has 0 spiro atoms. The Kier molecular flexibility index (Phi) is 5.72. The topological polar surface area (TPSA) is 49.4 Å². The maximum absolute atomic E-state index is 11.3. The van der Waals surface area contributed by atoms with Crippen molar-refractivity contribution in [3.8, 4) is 0 Å². The molecule has 4 nitrogen and oxygen atoms in total. The summed E-state index contributed by atoms with van der Waals surface area (Å²) in [4.78, 5) is 2.27. The van der Waals surface area contributed by atoms with Gasteiger partial charge in [0.15, 0.2) is 9.84 Å². The Labute approximate surface area is 99.3 Å². The molecule has 0 amide bonds. The van der Waals surface area contributed by atoms with E-state index in [0.717, 1.165) is 39.0 Å². The number of sulfone groups is 1. The molecule has 1 rings (SSSR count). The largest absolute Gasteiger partial charge is 0.316 e. The highest BCUT2D eigenvalue weighted by molar-refractivity contribution is 7.91. The van der Waals surface area contributed by atoms with Crippen LogP contribution in [0.5, 0.6) is 0 Å². The number of likely N-dealkylation sites (N-methyl/N-ethyl adjacent to an activating group) is 2. The Hall–Kier alpha value is -0.130. The van der Waals surface area contributed by atoms with Crippen LogP contribution in [0, 0.1) is 5.92 Å². The predicted molar refractivity (Wildman–Crippen MR) is 67.4 cm³/mol. The SMILES string of the molecule is CCNCCN(C)CCC1CCS(=O)(=O)C1. The van der Waals surface area contributed by atoms with Gasteiger partial charge in [-0.25, -0.2) is 8.42 Å². The summed E-state index contributed by atoms with van der Waals surface area (Å²) in [5, 5.41) is 3.28. The second-order valence-corrected chi connectivity index (χ2v) is 6.94. The van der Waals surface area contributed by atoms with Crippen LogP contribution in [0.1, 0.15) is 19.8 Å². The zero-order chi connectivity index (χ0) is 12.0. The molecule has 1 aliphatic heterocycles. The van der Waals surface area contributed by atoms with E-state index in [0.29, 0.717) is 17.4 Å². The standard InChI is InChI=1S/C11H24N2O2S/c1-3-12-6-8-13(2)7-4-11-5-9-16(14,15)10-11/h11-12H,3-10H2,1-2H3. The van der Waals surface area contributed by atoms with Gasteiger partial charge in [-0.2, -0.15) is 0 Å². The average Bonchev–Trinajstić information content (AvgIpc) is 2.56. The highest BCUT2D eigenvalue weighted by Crippen LogP contribution is 2.21. The van der Waals surface area contributed by atoms with Gasteiger partial charge in [-0.3, -0.25) is 0 Å². The van der Waals surface area contributed by atoms with E-state index in [1.165, 1.54) is 0 Å². The third-order valence-electron chi connectivity index (χ3n) is 3.17. The van der Waals surface area contributed by atoms with Crippen molar-refractivity contribution in [3.05, 3.63) is 0 Å². The fourth-order valence-electron chi connectivity index (χ4n) is 2.06. The van der Waals surface area contributed by atoms with Crippen molar-refractivity contribution >= 4 is 9.84 Å². The summed E-state index contributed by atoms with van der Waals surface area (Å²) in [6.45, 7) is 6.16. The van der Waals surface area contributed by atoms with Gasteiger partial charge in [0.05, 0.1) is 11.5 Å². The van der Waals surface area contributed by atoms with E-state index >= 15 is 0 Å². The van der Waals surface area contributed by atoms with E-state index in [1.807, 2.05) is 0 Å². The highest BCUT2D eigenvalue weighted by Gasteiger charge is 2.27. The molecule has 1 heterocycles. The molecule has 0 aromatic carbocycles. The van der Waals surface area contributed by atoms with Crippen LogP contribution in [0.15, 0.2) is 0 Å². The molecule has 96 valence electrons. The maximum Gasteiger partial charge on any atom is 0.150 e. The number of nitrogens with one attached hydrogen (secondary N) is 1. The summed E-state index contributed by atoms with van der Waals surface area (Å²) in [7, 11) is -0.597. The molecule has 0 saturated carbocycles. The summed E-state index contributed by atoms with van der Waals surface area (Å²) in [6, 6.07) is 0. The summed E-state index contributed by atoms with van der Waals surface area (Å²) >= 11 is 0. The van der Waals surface area contributed by atoms with Gasteiger partial charge in [0.2, 0.25) is 0 Å². The molecule has 1 saturated heterocycles. The van der Waals surface area contributed by atoms with Gasteiger partial charge in [0.1, 0.15) is 0 Å². The van der Waals surface area contributed by atoms with Gasteiger partial charge in [0.25, 0.3) is 0 Å². The van der Waals surface area contributed by atoms with Gasteiger partial charge in [-0.1, -0.05) is 6.92 Å². The van der Waals surface area contributed by atoms with Crippen LogP contribution < -0.4 is 5.32 Å². The average molecular weight is 248 g/mol. The van der Waals surface area contributed by atoms with E-state index in [2.05, 4.69) is 24.2 Å². The molecular formula is C11H24N2O2S. The van der Waals surface area contributed by atoms with Crippen LogP contribution >= 0.6 is 0 Å². The van der Waals surface area contributed by atoms with Gasteiger partial charge in [-0.15, -0.1) is 0 Å². The monoisotopic (exact) mass is 248 g/mol. The van der Waals surface area contributed by atoms with Crippen molar-refractivity contribution < 1.29 is 8.42 Å². The van der Waals surface area contributed by atoms with Crippen LogP contribution in [-0.2, 0) is 9.84 Å². The molecular weight excluding hydrogens is 224 g/mol. The van der Waals surface area contributed by atoms with Crippen molar-refractivity contribution in [2.45, 2.75) is 19.8 Å². The Bertz CT molecular complexity index is 290. The zero-order valence-corrected chi connectivity index (χ0v) is 11.2. The predicted octanol–water partition coefficient (Wildman–Crippen LogP) is 0.353. The summed E-state index contributed by atoms with van der Waals surface area (Å²) in [5.41, 5.74) is 0. The lowest BCUT2D eigenvalue weighted by atomic mass is 10.1. The first-order valence-corrected chi connectivity index (χ1v) is 7.95. The van der Waals surface area contributed by atoms with Crippen LogP contribution in [0.4, 0.5) is 0 Å². The summed E-state index contributed by atoms with van der Waals surface area (Å²) in [5.74, 6) is 1.21. The smallest absolute Gasteiger partial charge is 0.150 e. The Balaban J connectivity index is 2.10. The number of hydrogen-bond donors (Lipinski definition) is 1. The van der Waals surface area contributed by atoms with E-state index in [9.17, 15) is 8.42 Å². The minimum absolute atomic E-state index is 0.395. The van der Waals surface area contributed by atoms with Crippen LogP contribution in [-0.4, -0.2) is 58.1 Å². The molecule has 1 N–H and O–H groups in total. The zero-order valence-electron chi connectivity index (χ0n) is 10.4. The van der Waals surface area contributed by atoms with Gasteiger partial charge in [-0.05, 0) is 38.9 Å². The van der Waals surface area contributed by atoms with E-state index in [-0.39, 0.29) is 0 Å². The first-order chi connectivity index (χ1) is 7.53. The minimum atomic E-state index is -2.70. The fourth-order valence-corrected chi connectivity index (χ4v) is 3.97. The molecule has 0 aromatic heterocycles. The Morgan fingerprint density at radius 3 is 2.69 bits per heavy atom. The molecule has 1 unspecified atom stereocenters. The molecule has 0 aromatic rings. The number of rotatable bonds is 7. The Morgan fingerprint density at radius 1 is 1.38 bits per heavy atom. The second kappa shape index (κ2) is 6.57. The van der Waals surface area contributed by atoms with Crippen molar-refractivity contribution in [2.75, 3.05) is 44.7 Å². The quantitative estimate of drug-likeness (QED) is 0.661. The van der Waals surface area contributed by atoms with Crippen LogP contribution in [0.3, 0.4) is 0 Å². The summed E-state index contributed by atoms with van der Waals surface area (Å²) < 4.78 is 22.5. The third kappa shape index (κ3) is 5.27. The van der Waals surface area contributed by atoms with Crippen LogP contribution in [0.2, 0.25) is 0 Å². The lowest BCUT2D eigenvalue weighted by molar-refractivity contribution is 0.306. The lowest BCUT2D eigenvalue weighted by Crippen LogP contribution is -2.30. The first-order valence-electron chi connectivity index (χ1n) is 6.13. The molecule has 0 radical (unpaired) electrons. The molecule has 16 heavy (non-hydrogen) atoms. The highest BCUT2D eigenvalue weighted by atomic mass is 32.2. The third-order valence-corrected chi connectivity index (χ3v) is 5.00. The molecule has 1 aliphatic rings. The molecule has 0 bridgehead atoms. The molecule has 0 aliphatic carbocycles. The molecule has 5 heteroatoms. The van der Waals surface area contributed by atoms with Gasteiger partial charge >= 0.3 is 0 Å². The second-order valence-electron chi connectivity index (χ2n) is 4.71. The Morgan fingerprint density at radius 2 is 2.12 bits per heavy atom. The van der Waals surface area contributed by atoms with Crippen LogP contribution in [0.25, 0.3) is 0 Å². The van der Waals surface area contributed by atoms with E-state index in [4.69, 9.17) is 0 Å². The number of hydrogen-bond acceptors (Lipinski definition) is 4. The fraction of sp³-hybridized carbons (Fsp3) is 1.00. The van der Waals surface area contributed by atoms with E-state index < -0.39 is 9.84 Å². The molecule has 1 atom stereocenters. The normalized spacial score (nSPS) is 24.1. The first kappa shape index (κ1) is 13.9. The van der Waals surface area contributed by atoms with Crippen molar-refractivity contribution in [3.63, 3.8) is 0 Å². The van der Waals surface area contributed by atoms with Crippen molar-refractivity contribution in [1.29, 1.82) is 0 Å². The maximum atomic E-state index is 11.3. The van der Waals surface area contributed by atoms with Crippen molar-refractivity contribution in [1.82, 2.24) is 10.2 Å². The van der Waals surface area contributed by atoms with E-state index in [1.54, 1.807) is 0 Å². The van der Waals surface area contributed by atoms with Crippen molar-refractivity contribution in [2.24, 2.45) is 5.92 Å². The number of nitrogens with zero attached hydrogens (tertiary/aromatic N) is 1. The summed E-state index contributed by atoms with van der Waals surface area (Å²) in [6.07, 6.45) is 1.88.